The number of aliphatic carboxylic acids is 1. The number of carboxylic acids is 1. The average molecular weight is 311 g/mol. The van der Waals surface area contributed by atoms with E-state index in [2.05, 4.69) is 15.9 Å². The van der Waals surface area contributed by atoms with E-state index in [-0.39, 0.29) is 24.3 Å². The molecule has 0 aliphatic heterocycles. The van der Waals surface area contributed by atoms with Gasteiger partial charge in [0.15, 0.2) is 5.76 Å². The zero-order valence-electron chi connectivity index (χ0n) is 9.23. The van der Waals surface area contributed by atoms with Crippen LogP contribution < -0.4 is 10.8 Å². The zero-order valence-corrected chi connectivity index (χ0v) is 10.8. The lowest BCUT2D eigenvalue weighted by Gasteiger charge is -1.99. The zero-order chi connectivity index (χ0) is 13.3. The first-order valence-electron chi connectivity index (χ1n) is 5.19. The number of hydrogen-bond acceptors (Lipinski definition) is 5. The van der Waals surface area contributed by atoms with Crippen LogP contribution >= 0.6 is 15.9 Å². The van der Waals surface area contributed by atoms with Crippen molar-refractivity contribution < 1.29 is 19.1 Å². The van der Waals surface area contributed by atoms with E-state index in [0.29, 0.717) is 11.0 Å². The largest absolute Gasteiger partial charge is 0.550 e. The number of rotatable bonds is 4. The molecule has 94 valence electrons. The Morgan fingerprint density at radius 1 is 1.33 bits per heavy atom. The topological polar surface area (TPSA) is 96.4 Å². The highest BCUT2D eigenvalue weighted by atomic mass is 79.9. The molecule has 0 fully saturated rings. The minimum Gasteiger partial charge on any atom is -0.550 e. The molecule has 0 saturated carbocycles. The van der Waals surface area contributed by atoms with E-state index in [4.69, 9.17) is 10.2 Å². The molecule has 0 unspecified atom stereocenters. The number of anilines is 1. The molecule has 1 heterocycles. The molecule has 0 bridgehead atoms. The third-order valence-electron chi connectivity index (χ3n) is 2.50. The smallest absolute Gasteiger partial charge is 0.200 e. The predicted molar refractivity (Wildman–Crippen MR) is 66.9 cm³/mol. The van der Waals surface area contributed by atoms with Crippen molar-refractivity contribution in [3.8, 4) is 0 Å². The standard InChI is InChI=1S/C12H10BrNO4/c13-6-1-3-9-7(5-6)11(14)12(18-9)8(15)2-4-10(16)17/h1,3,5H,2,4,14H2,(H,16,17)/p-1. The number of carbonyl (C=O) groups excluding carboxylic acids is 2. The first-order chi connectivity index (χ1) is 8.49. The minimum atomic E-state index is -1.28. The minimum absolute atomic E-state index is 0.00403. The maximum atomic E-state index is 11.7. The van der Waals surface area contributed by atoms with Gasteiger partial charge in [0.1, 0.15) is 5.58 Å². The van der Waals surface area contributed by atoms with Gasteiger partial charge in [-0.25, -0.2) is 0 Å². The number of halogens is 1. The highest BCUT2D eigenvalue weighted by molar-refractivity contribution is 9.10. The number of benzene rings is 1. The van der Waals surface area contributed by atoms with Crippen LogP contribution in [0.25, 0.3) is 11.0 Å². The van der Waals surface area contributed by atoms with Crippen molar-refractivity contribution in [2.75, 3.05) is 5.73 Å². The fourth-order valence-electron chi connectivity index (χ4n) is 1.63. The van der Waals surface area contributed by atoms with Gasteiger partial charge in [-0.2, -0.15) is 0 Å². The van der Waals surface area contributed by atoms with Crippen LogP contribution in [0.4, 0.5) is 5.69 Å². The second kappa shape index (κ2) is 4.81. The summed E-state index contributed by atoms with van der Waals surface area (Å²) >= 11 is 3.29. The highest BCUT2D eigenvalue weighted by Crippen LogP contribution is 2.31. The summed E-state index contributed by atoms with van der Waals surface area (Å²) in [7, 11) is 0. The molecular weight excluding hydrogens is 302 g/mol. The Morgan fingerprint density at radius 2 is 2.06 bits per heavy atom. The highest BCUT2D eigenvalue weighted by Gasteiger charge is 2.18. The molecule has 1 aromatic carbocycles. The van der Waals surface area contributed by atoms with Crippen molar-refractivity contribution in [3.63, 3.8) is 0 Å². The van der Waals surface area contributed by atoms with E-state index in [1.807, 2.05) is 0 Å². The maximum absolute atomic E-state index is 11.7. The van der Waals surface area contributed by atoms with Crippen molar-refractivity contribution in [3.05, 3.63) is 28.4 Å². The van der Waals surface area contributed by atoms with E-state index in [9.17, 15) is 14.7 Å². The van der Waals surface area contributed by atoms with E-state index in [1.54, 1.807) is 18.2 Å². The van der Waals surface area contributed by atoms with Gasteiger partial charge >= 0.3 is 0 Å². The quantitative estimate of drug-likeness (QED) is 0.863. The molecule has 0 atom stereocenters. The monoisotopic (exact) mass is 310 g/mol. The summed E-state index contributed by atoms with van der Waals surface area (Å²) in [5, 5.41) is 10.9. The lowest BCUT2D eigenvalue weighted by Crippen LogP contribution is -2.22. The van der Waals surface area contributed by atoms with E-state index in [0.717, 1.165) is 4.47 Å². The second-order valence-electron chi connectivity index (χ2n) is 3.78. The van der Waals surface area contributed by atoms with Crippen molar-refractivity contribution in [2.24, 2.45) is 0 Å². The SMILES string of the molecule is Nc1c(C(=O)CCC(=O)[O-])oc2ccc(Br)cc12. The van der Waals surface area contributed by atoms with Gasteiger partial charge < -0.3 is 20.1 Å². The summed E-state index contributed by atoms with van der Waals surface area (Å²) in [5.74, 6) is -1.71. The Kier molecular flexibility index (Phi) is 3.38. The average Bonchev–Trinajstić information content (AvgIpc) is 2.64. The van der Waals surface area contributed by atoms with Gasteiger partial charge in [-0.15, -0.1) is 0 Å². The number of furan rings is 1. The molecule has 0 aliphatic rings. The van der Waals surface area contributed by atoms with Gasteiger partial charge in [0.2, 0.25) is 5.78 Å². The van der Waals surface area contributed by atoms with Crippen LogP contribution in [0.3, 0.4) is 0 Å². The number of carbonyl (C=O) groups is 2. The summed E-state index contributed by atoms with van der Waals surface area (Å²) < 4.78 is 6.16. The van der Waals surface area contributed by atoms with Gasteiger partial charge in [-0.3, -0.25) is 4.79 Å². The van der Waals surface area contributed by atoms with E-state index < -0.39 is 11.8 Å². The number of hydrogen-bond donors (Lipinski definition) is 1. The molecule has 0 spiro atoms. The number of nitrogens with two attached hydrogens (primary N) is 1. The molecule has 5 nitrogen and oxygen atoms in total. The summed E-state index contributed by atoms with van der Waals surface area (Å²) in [6.07, 6.45) is -0.535. The van der Waals surface area contributed by atoms with E-state index >= 15 is 0 Å². The Balaban J connectivity index is 2.36. The molecule has 0 radical (unpaired) electrons. The summed E-state index contributed by atoms with van der Waals surface area (Å²) in [5.41, 5.74) is 6.54. The van der Waals surface area contributed by atoms with E-state index in [1.165, 1.54) is 0 Å². The number of ketones is 1. The van der Waals surface area contributed by atoms with Crippen LogP contribution in [0.5, 0.6) is 0 Å². The molecular formula is C12H9BrNO4-. The first kappa shape index (κ1) is 12.6. The number of Topliss-reactive ketones (excluding diaryl/α,β-unsaturated/α-hetero) is 1. The van der Waals surface area contributed by atoms with Gasteiger partial charge in [0.05, 0.1) is 5.69 Å². The van der Waals surface area contributed by atoms with Gasteiger partial charge in [0, 0.05) is 22.2 Å². The summed E-state index contributed by atoms with van der Waals surface area (Å²) in [6, 6.07) is 5.19. The fraction of sp³-hybridized carbons (Fsp3) is 0.167. The molecule has 0 aliphatic carbocycles. The molecule has 0 saturated heterocycles. The molecule has 0 amide bonds. The molecule has 2 rings (SSSR count). The van der Waals surface area contributed by atoms with Gasteiger partial charge in [-0.1, -0.05) is 15.9 Å². The maximum Gasteiger partial charge on any atom is 0.200 e. The fourth-order valence-corrected chi connectivity index (χ4v) is 1.99. The second-order valence-corrected chi connectivity index (χ2v) is 4.70. The number of nitrogen functional groups attached to an aromatic ring is 1. The summed E-state index contributed by atoms with van der Waals surface area (Å²) in [4.78, 5) is 22.1. The summed E-state index contributed by atoms with van der Waals surface area (Å²) in [6.45, 7) is 0. The molecule has 1 aromatic heterocycles. The molecule has 6 heteroatoms. The Labute approximate surface area is 111 Å². The van der Waals surface area contributed by atoms with Crippen LogP contribution in [0.2, 0.25) is 0 Å². The lowest BCUT2D eigenvalue weighted by atomic mass is 10.1. The van der Waals surface area contributed by atoms with Gasteiger partial charge in [-0.05, 0) is 24.6 Å². The first-order valence-corrected chi connectivity index (χ1v) is 5.99. The van der Waals surface area contributed by atoms with Crippen molar-refractivity contribution in [1.82, 2.24) is 0 Å². The number of fused-ring (bicyclic) bond motifs is 1. The Hall–Kier alpha value is -1.82. The van der Waals surface area contributed by atoms with Crippen molar-refractivity contribution >= 4 is 44.3 Å². The van der Waals surface area contributed by atoms with Gasteiger partial charge in [0.25, 0.3) is 0 Å². The number of carboxylic acid groups (broad SMARTS) is 1. The third kappa shape index (κ3) is 2.38. The van der Waals surface area contributed by atoms with Crippen LogP contribution in [0, 0.1) is 0 Å². The molecule has 2 N–H and O–H groups in total. The van der Waals surface area contributed by atoms with Crippen LogP contribution in [0.1, 0.15) is 23.4 Å². The van der Waals surface area contributed by atoms with Crippen molar-refractivity contribution in [2.45, 2.75) is 12.8 Å². The Morgan fingerprint density at radius 3 is 2.72 bits per heavy atom. The van der Waals surface area contributed by atoms with Crippen molar-refractivity contribution in [1.29, 1.82) is 0 Å². The third-order valence-corrected chi connectivity index (χ3v) is 2.99. The lowest BCUT2D eigenvalue weighted by molar-refractivity contribution is -0.305. The van der Waals surface area contributed by atoms with Crippen LogP contribution in [0.15, 0.2) is 27.1 Å². The van der Waals surface area contributed by atoms with Crippen LogP contribution in [-0.4, -0.2) is 11.8 Å². The Bertz CT molecular complexity index is 632. The van der Waals surface area contributed by atoms with Crippen LogP contribution in [-0.2, 0) is 4.79 Å². The molecule has 2 aromatic rings. The predicted octanol–water partition coefficient (Wildman–Crippen LogP) is 1.49. The molecule has 18 heavy (non-hydrogen) atoms. The normalized spacial score (nSPS) is 10.7.